The minimum absolute atomic E-state index is 0.0165. The van der Waals surface area contributed by atoms with Crippen molar-refractivity contribution in [3.05, 3.63) is 33.8 Å². The van der Waals surface area contributed by atoms with Crippen molar-refractivity contribution in [2.45, 2.75) is 32.7 Å². The van der Waals surface area contributed by atoms with E-state index in [0.717, 1.165) is 10.0 Å². The Hall–Kier alpha value is -1.56. The van der Waals surface area contributed by atoms with Crippen LogP contribution in [0.4, 0.5) is 0 Å². The lowest BCUT2D eigenvalue weighted by Gasteiger charge is -2.28. The predicted molar refractivity (Wildman–Crippen MR) is 78.5 cm³/mol. The highest BCUT2D eigenvalue weighted by Crippen LogP contribution is 2.18. The molecule has 0 aromatic heterocycles. The number of hydrogen-bond donors (Lipinski definition) is 3. The zero-order valence-electron chi connectivity index (χ0n) is 11.2. The van der Waals surface area contributed by atoms with E-state index in [1.165, 1.54) is 0 Å². The summed E-state index contributed by atoms with van der Waals surface area (Å²) in [5.74, 6) is -0.274. The summed E-state index contributed by atoms with van der Waals surface area (Å²) in [6.07, 6.45) is 0.518. The van der Waals surface area contributed by atoms with E-state index >= 15 is 0 Å². The topological polar surface area (TPSA) is 87.7 Å². The Kier molecular flexibility index (Phi) is 4.94. The molecule has 19 heavy (non-hydrogen) atoms. The van der Waals surface area contributed by atoms with Crippen LogP contribution in [0.25, 0.3) is 0 Å². The molecule has 0 aliphatic carbocycles. The number of nitrogens with two attached hydrogens (primary N) is 1. The number of amides is 1. The number of aryl methyl sites for hydroxylation is 1. The Balaban J connectivity index is 2.98. The summed E-state index contributed by atoms with van der Waals surface area (Å²) in [6.45, 7) is 5.47. The summed E-state index contributed by atoms with van der Waals surface area (Å²) < 4.78 is 0.943. The van der Waals surface area contributed by atoms with Crippen molar-refractivity contribution in [3.8, 4) is 0 Å². The summed E-state index contributed by atoms with van der Waals surface area (Å²) in [6, 6.07) is 5.31. The van der Waals surface area contributed by atoms with E-state index in [4.69, 9.17) is 10.9 Å². The molecule has 1 aromatic rings. The fourth-order valence-electron chi connectivity index (χ4n) is 1.55. The van der Waals surface area contributed by atoms with Crippen molar-refractivity contribution in [2.24, 2.45) is 10.9 Å². The summed E-state index contributed by atoms with van der Waals surface area (Å²) >= 11 is 3.38. The lowest BCUT2D eigenvalue weighted by atomic mass is 9.96. The molecule has 0 aliphatic heterocycles. The van der Waals surface area contributed by atoms with Gasteiger partial charge in [0.15, 0.2) is 5.84 Å². The van der Waals surface area contributed by atoms with Gasteiger partial charge in [0.1, 0.15) is 0 Å². The first-order valence-corrected chi connectivity index (χ1v) is 6.70. The molecule has 0 saturated heterocycles. The SMILES string of the molecule is CCC(C)(NC(=O)c1ccc(Br)c(C)c1)/C(N)=N/O. The summed E-state index contributed by atoms with van der Waals surface area (Å²) in [5.41, 5.74) is 6.25. The number of halogens is 1. The van der Waals surface area contributed by atoms with Crippen LogP contribution in [0.1, 0.15) is 36.2 Å². The molecule has 5 nitrogen and oxygen atoms in total. The number of hydrogen-bond acceptors (Lipinski definition) is 3. The minimum atomic E-state index is -0.868. The molecule has 0 bridgehead atoms. The summed E-state index contributed by atoms with van der Waals surface area (Å²) in [5, 5.41) is 14.5. The maximum Gasteiger partial charge on any atom is 0.252 e. The molecule has 0 saturated carbocycles. The van der Waals surface area contributed by atoms with Gasteiger partial charge in [0.05, 0.1) is 5.54 Å². The molecule has 104 valence electrons. The first kappa shape index (κ1) is 15.5. The summed E-state index contributed by atoms with van der Waals surface area (Å²) in [4.78, 5) is 12.2. The Morgan fingerprint density at radius 1 is 1.58 bits per heavy atom. The molecule has 1 unspecified atom stereocenters. The quantitative estimate of drug-likeness (QED) is 0.343. The third-order valence-corrected chi connectivity index (χ3v) is 4.08. The van der Waals surface area contributed by atoms with Gasteiger partial charge in [0, 0.05) is 10.0 Å². The number of amidine groups is 1. The first-order chi connectivity index (χ1) is 8.84. The first-order valence-electron chi connectivity index (χ1n) is 5.90. The van der Waals surface area contributed by atoms with Gasteiger partial charge in [0.25, 0.3) is 5.91 Å². The average Bonchev–Trinajstić information content (AvgIpc) is 2.40. The highest BCUT2D eigenvalue weighted by Gasteiger charge is 2.29. The number of carbonyl (C=O) groups is 1. The van der Waals surface area contributed by atoms with Gasteiger partial charge in [-0.3, -0.25) is 4.79 Å². The van der Waals surface area contributed by atoms with Crippen molar-refractivity contribution in [1.29, 1.82) is 0 Å². The van der Waals surface area contributed by atoms with Crippen molar-refractivity contribution in [2.75, 3.05) is 0 Å². The van der Waals surface area contributed by atoms with Crippen LogP contribution in [0.5, 0.6) is 0 Å². The van der Waals surface area contributed by atoms with E-state index in [2.05, 4.69) is 26.4 Å². The van der Waals surface area contributed by atoms with Crippen molar-refractivity contribution < 1.29 is 10.0 Å². The largest absolute Gasteiger partial charge is 0.409 e. The smallest absolute Gasteiger partial charge is 0.252 e. The fourth-order valence-corrected chi connectivity index (χ4v) is 1.80. The second-order valence-corrected chi connectivity index (χ2v) is 5.44. The van der Waals surface area contributed by atoms with E-state index < -0.39 is 5.54 Å². The third-order valence-electron chi connectivity index (χ3n) is 3.19. The Morgan fingerprint density at radius 3 is 2.68 bits per heavy atom. The van der Waals surface area contributed by atoms with Crippen LogP contribution in [0.15, 0.2) is 27.8 Å². The Labute approximate surface area is 121 Å². The second-order valence-electron chi connectivity index (χ2n) is 4.59. The number of rotatable bonds is 4. The molecule has 6 heteroatoms. The van der Waals surface area contributed by atoms with Crippen LogP contribution in [0.2, 0.25) is 0 Å². The number of oxime groups is 1. The van der Waals surface area contributed by atoms with Gasteiger partial charge in [-0.15, -0.1) is 0 Å². The molecule has 1 aromatic carbocycles. The Bertz CT molecular complexity index is 517. The number of nitrogens with one attached hydrogen (secondary N) is 1. The average molecular weight is 328 g/mol. The van der Waals surface area contributed by atoms with Gasteiger partial charge in [-0.1, -0.05) is 28.0 Å². The molecular weight excluding hydrogens is 310 g/mol. The molecule has 0 heterocycles. The molecular formula is C13H18BrN3O2. The second kappa shape index (κ2) is 6.06. The Morgan fingerprint density at radius 2 is 2.21 bits per heavy atom. The highest BCUT2D eigenvalue weighted by molar-refractivity contribution is 9.10. The van der Waals surface area contributed by atoms with E-state index in [0.29, 0.717) is 12.0 Å². The molecule has 0 fully saturated rings. The van der Waals surface area contributed by atoms with Crippen LogP contribution < -0.4 is 11.1 Å². The van der Waals surface area contributed by atoms with Gasteiger partial charge in [-0.2, -0.15) is 0 Å². The minimum Gasteiger partial charge on any atom is -0.409 e. The predicted octanol–water partition coefficient (Wildman–Crippen LogP) is 2.40. The molecule has 4 N–H and O–H groups in total. The zero-order valence-corrected chi connectivity index (χ0v) is 12.8. The molecule has 0 radical (unpaired) electrons. The monoisotopic (exact) mass is 327 g/mol. The van der Waals surface area contributed by atoms with Gasteiger partial charge in [-0.25, -0.2) is 0 Å². The van der Waals surface area contributed by atoms with Gasteiger partial charge < -0.3 is 16.3 Å². The van der Waals surface area contributed by atoms with Gasteiger partial charge in [-0.05, 0) is 44.0 Å². The normalized spacial score (nSPS) is 14.8. The lowest BCUT2D eigenvalue weighted by Crippen LogP contribution is -2.55. The van der Waals surface area contributed by atoms with Crippen LogP contribution in [-0.2, 0) is 0 Å². The molecule has 0 spiro atoms. The molecule has 0 aliphatic rings. The van der Waals surface area contributed by atoms with E-state index in [1.807, 2.05) is 19.9 Å². The molecule has 1 amide bonds. The number of benzene rings is 1. The molecule has 1 atom stereocenters. The highest BCUT2D eigenvalue weighted by atomic mass is 79.9. The van der Waals surface area contributed by atoms with Crippen LogP contribution in [0.3, 0.4) is 0 Å². The van der Waals surface area contributed by atoms with Crippen molar-refractivity contribution in [1.82, 2.24) is 5.32 Å². The number of nitrogens with zero attached hydrogens (tertiary/aromatic N) is 1. The maximum absolute atomic E-state index is 12.2. The van der Waals surface area contributed by atoms with E-state index in [9.17, 15) is 4.79 Å². The van der Waals surface area contributed by atoms with Crippen molar-refractivity contribution in [3.63, 3.8) is 0 Å². The number of carbonyl (C=O) groups excluding carboxylic acids is 1. The van der Waals surface area contributed by atoms with Crippen LogP contribution in [-0.4, -0.2) is 22.5 Å². The van der Waals surface area contributed by atoms with Crippen LogP contribution >= 0.6 is 15.9 Å². The van der Waals surface area contributed by atoms with E-state index in [-0.39, 0.29) is 11.7 Å². The fraction of sp³-hybridized carbons (Fsp3) is 0.385. The van der Waals surface area contributed by atoms with E-state index in [1.54, 1.807) is 19.1 Å². The summed E-state index contributed by atoms with van der Waals surface area (Å²) in [7, 11) is 0. The van der Waals surface area contributed by atoms with Crippen molar-refractivity contribution >= 4 is 27.7 Å². The standard InChI is InChI=1S/C13H18BrN3O2/c1-4-13(3,12(15)17-19)16-11(18)9-5-6-10(14)8(2)7-9/h5-7,19H,4H2,1-3H3,(H2,15,17)(H,16,18). The third kappa shape index (κ3) is 3.47. The lowest BCUT2D eigenvalue weighted by molar-refractivity contribution is 0.0925. The van der Waals surface area contributed by atoms with Crippen LogP contribution in [0, 0.1) is 6.92 Å². The molecule has 1 rings (SSSR count). The zero-order chi connectivity index (χ0) is 14.6. The van der Waals surface area contributed by atoms with Gasteiger partial charge in [0.2, 0.25) is 0 Å². The maximum atomic E-state index is 12.2. The van der Waals surface area contributed by atoms with Gasteiger partial charge >= 0.3 is 0 Å².